The summed E-state index contributed by atoms with van der Waals surface area (Å²) in [5.74, 6) is -2.39. The van der Waals surface area contributed by atoms with Crippen LogP contribution in [0.3, 0.4) is 0 Å². The molecule has 0 heterocycles. The first-order chi connectivity index (χ1) is 9.34. The average molecular weight is 288 g/mol. The van der Waals surface area contributed by atoms with Gasteiger partial charge < -0.3 is 4.74 Å². The van der Waals surface area contributed by atoms with Crippen molar-refractivity contribution >= 4 is 0 Å². The maximum Gasteiger partial charge on any atom is 0.416 e. The molecule has 106 valence electrons. The van der Waals surface area contributed by atoms with E-state index in [1.807, 2.05) is 0 Å². The quantitative estimate of drug-likeness (QED) is 0.730. The summed E-state index contributed by atoms with van der Waals surface area (Å²) in [4.78, 5) is 0. The van der Waals surface area contributed by atoms with E-state index in [0.717, 1.165) is 31.4 Å². The van der Waals surface area contributed by atoms with Gasteiger partial charge >= 0.3 is 6.18 Å². The Morgan fingerprint density at radius 1 is 0.950 bits per heavy atom. The Morgan fingerprint density at radius 2 is 1.65 bits per heavy atom. The van der Waals surface area contributed by atoms with Gasteiger partial charge in [0.1, 0.15) is 5.75 Å². The molecule has 0 unspecified atom stereocenters. The van der Waals surface area contributed by atoms with Crippen molar-refractivity contribution in [2.24, 2.45) is 0 Å². The zero-order valence-electron chi connectivity index (χ0n) is 10.3. The summed E-state index contributed by atoms with van der Waals surface area (Å²) < 4.78 is 69.5. The fraction of sp³-hybridized carbons (Fsp3) is 0.143. The summed E-state index contributed by atoms with van der Waals surface area (Å²) in [7, 11) is 1.16. The third-order valence-corrected chi connectivity index (χ3v) is 2.77. The molecule has 0 aromatic heterocycles. The largest absolute Gasteiger partial charge is 0.496 e. The van der Waals surface area contributed by atoms with Gasteiger partial charge in [-0.15, -0.1) is 0 Å². The lowest BCUT2D eigenvalue weighted by atomic mass is 10.0. The topological polar surface area (TPSA) is 9.23 Å². The van der Waals surface area contributed by atoms with Crippen molar-refractivity contribution < 1.29 is 26.7 Å². The van der Waals surface area contributed by atoms with Gasteiger partial charge in [-0.25, -0.2) is 8.78 Å². The van der Waals surface area contributed by atoms with Crippen molar-refractivity contribution in [1.82, 2.24) is 0 Å². The van der Waals surface area contributed by atoms with Crippen molar-refractivity contribution in [1.29, 1.82) is 0 Å². The Kier molecular flexibility index (Phi) is 3.65. The first-order valence-corrected chi connectivity index (χ1v) is 5.54. The van der Waals surface area contributed by atoms with Crippen molar-refractivity contribution in [2.75, 3.05) is 7.11 Å². The lowest BCUT2D eigenvalue weighted by Crippen LogP contribution is -2.05. The standard InChI is InChI=1S/C14H9F5O/c1-20-12-7-8(14(17,18)19)5-6-9(12)10-3-2-4-11(15)13(10)16/h2-7H,1H3. The summed E-state index contributed by atoms with van der Waals surface area (Å²) in [5, 5.41) is 0. The zero-order valence-corrected chi connectivity index (χ0v) is 10.3. The van der Waals surface area contributed by atoms with E-state index in [2.05, 4.69) is 0 Å². The molecule has 0 N–H and O–H groups in total. The molecular weight excluding hydrogens is 279 g/mol. The van der Waals surface area contributed by atoms with Gasteiger partial charge in [0.25, 0.3) is 0 Å². The van der Waals surface area contributed by atoms with Gasteiger partial charge in [-0.2, -0.15) is 13.2 Å². The molecule has 20 heavy (non-hydrogen) atoms. The molecule has 0 saturated heterocycles. The molecule has 0 saturated carbocycles. The highest BCUT2D eigenvalue weighted by molar-refractivity contribution is 5.71. The predicted molar refractivity (Wildman–Crippen MR) is 63.3 cm³/mol. The molecule has 2 aromatic carbocycles. The summed E-state index contributed by atoms with van der Waals surface area (Å²) in [6, 6.07) is 6.06. The van der Waals surface area contributed by atoms with Crippen LogP contribution in [0.25, 0.3) is 11.1 Å². The van der Waals surface area contributed by atoms with E-state index in [1.54, 1.807) is 0 Å². The minimum Gasteiger partial charge on any atom is -0.496 e. The number of alkyl halides is 3. The Balaban J connectivity index is 2.61. The highest BCUT2D eigenvalue weighted by atomic mass is 19.4. The Hall–Kier alpha value is -2.11. The Bertz CT molecular complexity index is 634. The minimum atomic E-state index is -4.54. The van der Waals surface area contributed by atoms with Crippen LogP contribution in [0, 0.1) is 11.6 Å². The first kappa shape index (κ1) is 14.3. The molecule has 0 amide bonds. The highest BCUT2D eigenvalue weighted by Crippen LogP contribution is 2.38. The molecule has 0 aliphatic rings. The molecule has 0 radical (unpaired) electrons. The minimum absolute atomic E-state index is 0.0532. The molecule has 2 rings (SSSR count). The molecular formula is C14H9F5O. The smallest absolute Gasteiger partial charge is 0.416 e. The molecule has 0 atom stereocenters. The third-order valence-electron chi connectivity index (χ3n) is 2.77. The van der Waals surface area contributed by atoms with E-state index in [9.17, 15) is 22.0 Å². The van der Waals surface area contributed by atoms with Crippen LogP contribution in [-0.4, -0.2) is 7.11 Å². The number of methoxy groups -OCH3 is 1. The van der Waals surface area contributed by atoms with Gasteiger partial charge in [-0.1, -0.05) is 12.1 Å². The molecule has 0 fully saturated rings. The monoisotopic (exact) mass is 288 g/mol. The van der Waals surface area contributed by atoms with Crippen molar-refractivity contribution in [2.45, 2.75) is 6.18 Å². The lowest BCUT2D eigenvalue weighted by molar-refractivity contribution is -0.137. The second-order valence-corrected chi connectivity index (χ2v) is 4.01. The summed E-state index contributed by atoms with van der Waals surface area (Å²) in [5.41, 5.74) is -1.03. The van der Waals surface area contributed by atoms with E-state index in [4.69, 9.17) is 4.74 Å². The third kappa shape index (κ3) is 2.59. The van der Waals surface area contributed by atoms with Crippen LogP contribution in [0.15, 0.2) is 36.4 Å². The van der Waals surface area contributed by atoms with E-state index < -0.39 is 23.4 Å². The lowest BCUT2D eigenvalue weighted by Gasteiger charge is -2.13. The number of hydrogen-bond donors (Lipinski definition) is 0. The second kappa shape index (κ2) is 5.11. The van der Waals surface area contributed by atoms with Gasteiger partial charge in [0.05, 0.1) is 12.7 Å². The van der Waals surface area contributed by atoms with Crippen LogP contribution in [0.1, 0.15) is 5.56 Å². The van der Waals surface area contributed by atoms with Crippen LogP contribution in [0.5, 0.6) is 5.75 Å². The fourth-order valence-electron chi connectivity index (χ4n) is 1.80. The maximum absolute atomic E-state index is 13.7. The number of benzene rings is 2. The molecule has 0 spiro atoms. The molecule has 0 aliphatic carbocycles. The van der Waals surface area contributed by atoms with E-state index in [1.165, 1.54) is 12.1 Å². The molecule has 1 nitrogen and oxygen atoms in total. The Labute approximate surface area is 111 Å². The van der Waals surface area contributed by atoms with Crippen LogP contribution in [-0.2, 0) is 6.18 Å². The molecule has 0 bridgehead atoms. The van der Waals surface area contributed by atoms with Crippen LogP contribution >= 0.6 is 0 Å². The van der Waals surface area contributed by atoms with Crippen molar-refractivity contribution in [3.8, 4) is 16.9 Å². The second-order valence-electron chi connectivity index (χ2n) is 4.01. The predicted octanol–water partition coefficient (Wildman–Crippen LogP) is 4.66. The average Bonchev–Trinajstić information content (AvgIpc) is 2.40. The summed E-state index contributed by atoms with van der Waals surface area (Å²) >= 11 is 0. The van der Waals surface area contributed by atoms with E-state index in [0.29, 0.717) is 0 Å². The summed E-state index contributed by atoms with van der Waals surface area (Å²) in [6.07, 6.45) is -4.54. The molecule has 6 heteroatoms. The van der Waals surface area contributed by atoms with Gasteiger partial charge in [-0.3, -0.25) is 0 Å². The number of hydrogen-bond acceptors (Lipinski definition) is 1. The van der Waals surface area contributed by atoms with Gasteiger partial charge in [-0.05, 0) is 24.3 Å². The molecule has 2 aromatic rings. The van der Waals surface area contributed by atoms with Crippen molar-refractivity contribution in [3.63, 3.8) is 0 Å². The number of rotatable bonds is 2. The van der Waals surface area contributed by atoms with Crippen LogP contribution in [0.2, 0.25) is 0 Å². The summed E-state index contributed by atoms with van der Waals surface area (Å²) in [6.45, 7) is 0. The SMILES string of the molecule is COc1cc(C(F)(F)F)ccc1-c1cccc(F)c1F. The normalized spacial score (nSPS) is 11.5. The maximum atomic E-state index is 13.7. The van der Waals surface area contributed by atoms with Gasteiger partial charge in [0.15, 0.2) is 11.6 Å². The van der Waals surface area contributed by atoms with Crippen molar-refractivity contribution in [3.05, 3.63) is 53.6 Å². The Morgan fingerprint density at radius 3 is 2.25 bits per heavy atom. The fourth-order valence-corrected chi connectivity index (χ4v) is 1.80. The zero-order chi connectivity index (χ0) is 14.9. The van der Waals surface area contributed by atoms with E-state index in [-0.39, 0.29) is 16.9 Å². The highest BCUT2D eigenvalue weighted by Gasteiger charge is 2.31. The van der Waals surface area contributed by atoms with Gasteiger partial charge in [0, 0.05) is 11.1 Å². The van der Waals surface area contributed by atoms with Gasteiger partial charge in [0.2, 0.25) is 0 Å². The number of halogens is 5. The first-order valence-electron chi connectivity index (χ1n) is 5.54. The van der Waals surface area contributed by atoms with Crippen LogP contribution in [0.4, 0.5) is 22.0 Å². The number of ether oxygens (including phenoxy) is 1. The van der Waals surface area contributed by atoms with E-state index >= 15 is 0 Å². The molecule has 0 aliphatic heterocycles. The van der Waals surface area contributed by atoms with Crippen LogP contribution < -0.4 is 4.74 Å².